The van der Waals surface area contributed by atoms with Crippen molar-refractivity contribution in [3.05, 3.63) is 0 Å². The molecule has 0 aromatic rings. The minimum atomic E-state index is -0.489. The van der Waals surface area contributed by atoms with Gasteiger partial charge in [-0.2, -0.15) is 0 Å². The highest BCUT2D eigenvalue weighted by Crippen LogP contribution is 2.25. The van der Waals surface area contributed by atoms with E-state index >= 15 is 0 Å². The summed E-state index contributed by atoms with van der Waals surface area (Å²) in [4.78, 5) is 24.4. The average molecular weight is 283 g/mol. The molecule has 20 heavy (non-hydrogen) atoms. The molecule has 1 aliphatic rings. The number of amides is 2. The van der Waals surface area contributed by atoms with Crippen LogP contribution >= 0.6 is 0 Å². The molecule has 5 heteroatoms. The van der Waals surface area contributed by atoms with E-state index in [1.165, 1.54) is 0 Å². The number of rotatable bonds is 7. The SMILES string of the molecule is CCCC1(C(=O)NC(C)C(=O)NCC(C)C)CCCN1. The van der Waals surface area contributed by atoms with Crippen LogP contribution in [0.3, 0.4) is 0 Å². The highest BCUT2D eigenvalue weighted by atomic mass is 16.2. The molecule has 2 atom stereocenters. The molecule has 3 N–H and O–H groups in total. The molecule has 2 amide bonds. The van der Waals surface area contributed by atoms with Crippen molar-refractivity contribution < 1.29 is 9.59 Å². The standard InChI is InChI=1S/C15H29N3O2/c1-5-7-15(8-6-9-17-15)14(20)18-12(4)13(19)16-10-11(2)3/h11-12,17H,5-10H2,1-4H3,(H,16,19)(H,18,20). The predicted octanol–water partition coefficient (Wildman–Crippen LogP) is 1.19. The molecule has 0 spiro atoms. The minimum Gasteiger partial charge on any atom is -0.354 e. The molecule has 0 radical (unpaired) electrons. The van der Waals surface area contributed by atoms with Crippen molar-refractivity contribution in [1.29, 1.82) is 0 Å². The molecular formula is C15H29N3O2. The molecule has 5 nitrogen and oxygen atoms in total. The number of hydrogen-bond donors (Lipinski definition) is 3. The molecule has 116 valence electrons. The molecule has 0 bridgehead atoms. The zero-order chi connectivity index (χ0) is 15.2. The lowest BCUT2D eigenvalue weighted by atomic mass is 9.90. The monoisotopic (exact) mass is 283 g/mol. The molecule has 1 saturated heterocycles. The summed E-state index contributed by atoms with van der Waals surface area (Å²) in [5.74, 6) is 0.255. The van der Waals surface area contributed by atoms with Gasteiger partial charge in [-0.3, -0.25) is 9.59 Å². The molecule has 0 aromatic carbocycles. The maximum atomic E-state index is 12.5. The highest BCUT2D eigenvalue weighted by Gasteiger charge is 2.40. The third kappa shape index (κ3) is 4.47. The summed E-state index contributed by atoms with van der Waals surface area (Å²) < 4.78 is 0. The van der Waals surface area contributed by atoms with Gasteiger partial charge in [-0.25, -0.2) is 0 Å². The predicted molar refractivity (Wildman–Crippen MR) is 80.3 cm³/mol. The number of carbonyl (C=O) groups is 2. The summed E-state index contributed by atoms with van der Waals surface area (Å²) in [5, 5.41) is 9.03. The van der Waals surface area contributed by atoms with Crippen molar-refractivity contribution in [2.45, 2.75) is 65.0 Å². The van der Waals surface area contributed by atoms with Crippen LogP contribution in [-0.2, 0) is 9.59 Å². The van der Waals surface area contributed by atoms with Crippen molar-refractivity contribution in [2.24, 2.45) is 5.92 Å². The Hall–Kier alpha value is -1.10. The van der Waals surface area contributed by atoms with E-state index in [4.69, 9.17) is 0 Å². The Morgan fingerprint density at radius 3 is 2.50 bits per heavy atom. The topological polar surface area (TPSA) is 70.2 Å². The summed E-state index contributed by atoms with van der Waals surface area (Å²) in [6.07, 6.45) is 3.64. The van der Waals surface area contributed by atoms with Gasteiger partial charge in [0.1, 0.15) is 6.04 Å². The average Bonchev–Trinajstić information content (AvgIpc) is 2.86. The summed E-state index contributed by atoms with van der Waals surface area (Å²) in [5.41, 5.74) is -0.471. The third-order valence-corrected chi connectivity index (χ3v) is 3.78. The first-order valence-electron chi connectivity index (χ1n) is 7.75. The van der Waals surface area contributed by atoms with Crippen molar-refractivity contribution >= 4 is 11.8 Å². The zero-order valence-corrected chi connectivity index (χ0v) is 13.2. The van der Waals surface area contributed by atoms with Gasteiger partial charge in [0.05, 0.1) is 5.54 Å². The van der Waals surface area contributed by atoms with Gasteiger partial charge in [0, 0.05) is 6.54 Å². The Labute approximate surface area is 122 Å². The van der Waals surface area contributed by atoms with Crippen LogP contribution in [0.15, 0.2) is 0 Å². The Morgan fingerprint density at radius 2 is 2.00 bits per heavy atom. The summed E-state index contributed by atoms with van der Waals surface area (Å²) in [7, 11) is 0. The van der Waals surface area contributed by atoms with E-state index in [0.29, 0.717) is 12.5 Å². The highest BCUT2D eigenvalue weighted by molar-refractivity contribution is 5.92. The van der Waals surface area contributed by atoms with E-state index in [1.54, 1.807) is 6.92 Å². The van der Waals surface area contributed by atoms with E-state index in [1.807, 2.05) is 13.8 Å². The van der Waals surface area contributed by atoms with Crippen LogP contribution in [0.25, 0.3) is 0 Å². The lowest BCUT2D eigenvalue weighted by Gasteiger charge is -2.29. The van der Waals surface area contributed by atoms with Crippen LogP contribution in [0.1, 0.15) is 53.4 Å². The molecule has 0 aromatic heterocycles. The smallest absolute Gasteiger partial charge is 0.242 e. The number of nitrogens with one attached hydrogen (secondary N) is 3. The number of carbonyl (C=O) groups excluding carboxylic acids is 2. The fraction of sp³-hybridized carbons (Fsp3) is 0.867. The molecule has 0 saturated carbocycles. The molecule has 1 rings (SSSR count). The van der Waals surface area contributed by atoms with E-state index in [-0.39, 0.29) is 11.8 Å². The second kappa shape index (κ2) is 7.62. The van der Waals surface area contributed by atoms with Crippen LogP contribution in [0.2, 0.25) is 0 Å². The first-order chi connectivity index (χ1) is 9.41. The van der Waals surface area contributed by atoms with Gasteiger partial charge in [-0.15, -0.1) is 0 Å². The van der Waals surface area contributed by atoms with E-state index in [2.05, 4.69) is 22.9 Å². The second-order valence-electron chi connectivity index (χ2n) is 6.20. The zero-order valence-electron chi connectivity index (χ0n) is 13.2. The van der Waals surface area contributed by atoms with Crippen LogP contribution in [0.4, 0.5) is 0 Å². The van der Waals surface area contributed by atoms with Gasteiger partial charge in [-0.05, 0) is 38.6 Å². The fourth-order valence-corrected chi connectivity index (χ4v) is 2.61. The van der Waals surface area contributed by atoms with Gasteiger partial charge < -0.3 is 16.0 Å². The molecule has 1 aliphatic heterocycles. The Bertz CT molecular complexity index is 336. The lowest BCUT2D eigenvalue weighted by molar-refractivity contribution is -0.132. The lowest BCUT2D eigenvalue weighted by Crippen LogP contribution is -2.57. The largest absolute Gasteiger partial charge is 0.354 e. The molecule has 0 aliphatic carbocycles. The van der Waals surface area contributed by atoms with Gasteiger partial charge in [-0.1, -0.05) is 27.2 Å². The van der Waals surface area contributed by atoms with Gasteiger partial charge in [0.2, 0.25) is 11.8 Å². The van der Waals surface area contributed by atoms with Crippen LogP contribution in [-0.4, -0.2) is 36.5 Å². The molecular weight excluding hydrogens is 254 g/mol. The Kier molecular flexibility index (Phi) is 6.46. The molecule has 1 fully saturated rings. The van der Waals surface area contributed by atoms with Crippen molar-refractivity contribution in [1.82, 2.24) is 16.0 Å². The van der Waals surface area contributed by atoms with E-state index in [9.17, 15) is 9.59 Å². The maximum absolute atomic E-state index is 12.5. The second-order valence-corrected chi connectivity index (χ2v) is 6.20. The normalized spacial score (nSPS) is 23.6. The van der Waals surface area contributed by atoms with Gasteiger partial charge >= 0.3 is 0 Å². The van der Waals surface area contributed by atoms with Gasteiger partial charge in [0.25, 0.3) is 0 Å². The van der Waals surface area contributed by atoms with Crippen LogP contribution in [0, 0.1) is 5.92 Å². The van der Waals surface area contributed by atoms with Gasteiger partial charge in [0.15, 0.2) is 0 Å². The Balaban J connectivity index is 2.53. The van der Waals surface area contributed by atoms with Crippen molar-refractivity contribution in [3.8, 4) is 0 Å². The number of hydrogen-bond acceptors (Lipinski definition) is 3. The van der Waals surface area contributed by atoms with E-state index in [0.717, 1.165) is 32.2 Å². The van der Waals surface area contributed by atoms with Crippen LogP contribution < -0.4 is 16.0 Å². The quantitative estimate of drug-likeness (QED) is 0.657. The minimum absolute atomic E-state index is 0.0379. The molecule has 2 unspecified atom stereocenters. The van der Waals surface area contributed by atoms with Crippen molar-refractivity contribution in [2.75, 3.05) is 13.1 Å². The fourth-order valence-electron chi connectivity index (χ4n) is 2.61. The summed E-state index contributed by atoms with van der Waals surface area (Å²) in [6.45, 7) is 9.42. The van der Waals surface area contributed by atoms with E-state index < -0.39 is 11.6 Å². The maximum Gasteiger partial charge on any atom is 0.242 e. The van der Waals surface area contributed by atoms with Crippen molar-refractivity contribution in [3.63, 3.8) is 0 Å². The third-order valence-electron chi connectivity index (χ3n) is 3.78. The summed E-state index contributed by atoms with van der Waals surface area (Å²) in [6, 6.07) is -0.489. The first kappa shape index (κ1) is 17.0. The molecule has 1 heterocycles. The first-order valence-corrected chi connectivity index (χ1v) is 7.75. The van der Waals surface area contributed by atoms with Crippen LogP contribution in [0.5, 0.6) is 0 Å². The Morgan fingerprint density at radius 1 is 1.30 bits per heavy atom. The summed E-state index contributed by atoms with van der Waals surface area (Å²) >= 11 is 0.